The largest absolute Gasteiger partial charge is 1.00 e. The molecule has 1 unspecified atom stereocenters. The van der Waals surface area contributed by atoms with Gasteiger partial charge >= 0.3 is 366 Å². The molecule has 0 nitrogen and oxygen atoms in total. The van der Waals surface area contributed by atoms with E-state index >= 15 is 0 Å². The summed E-state index contributed by atoms with van der Waals surface area (Å²) in [6.45, 7) is 4.61. The van der Waals surface area contributed by atoms with E-state index in [1.807, 2.05) is 0 Å². The summed E-state index contributed by atoms with van der Waals surface area (Å²) >= 11 is -3.47. The first-order valence-electron chi connectivity index (χ1n) is 21.5. The van der Waals surface area contributed by atoms with Gasteiger partial charge in [0, 0.05) is 0 Å². The van der Waals surface area contributed by atoms with Crippen molar-refractivity contribution < 1.29 is 46.1 Å². The zero-order valence-electron chi connectivity index (χ0n) is 35.1. The van der Waals surface area contributed by atoms with Gasteiger partial charge in [0.25, 0.3) is 0 Å². The van der Waals surface area contributed by atoms with E-state index in [4.69, 9.17) is 0 Å². The van der Waals surface area contributed by atoms with Gasteiger partial charge < -0.3 is 24.8 Å². The molecule has 62 heavy (non-hydrogen) atoms. The fourth-order valence-electron chi connectivity index (χ4n) is 9.94. The van der Waals surface area contributed by atoms with Crippen molar-refractivity contribution in [3.63, 3.8) is 0 Å². The van der Waals surface area contributed by atoms with Crippen LogP contribution in [0.25, 0.3) is 27.8 Å². The molecule has 0 aromatic heterocycles. The van der Waals surface area contributed by atoms with E-state index in [9.17, 15) is 0 Å². The molecule has 0 radical (unpaired) electrons. The van der Waals surface area contributed by atoms with Crippen molar-refractivity contribution in [2.45, 2.75) is 36.2 Å². The number of allylic oxidation sites excluding steroid dienone is 4. The van der Waals surface area contributed by atoms with E-state index in [2.05, 4.69) is 232 Å². The molecule has 302 valence electrons. The molecule has 8 aromatic rings. The maximum atomic E-state index is 2.60. The average molecular weight is 919 g/mol. The van der Waals surface area contributed by atoms with Crippen LogP contribution in [-0.4, -0.2) is 3.21 Å². The molecule has 0 saturated carbocycles. The second-order valence-electron chi connectivity index (χ2n) is 16.0. The third-order valence-electron chi connectivity index (χ3n) is 12.6. The van der Waals surface area contributed by atoms with Crippen molar-refractivity contribution in [1.82, 2.24) is 0 Å². The minimum atomic E-state index is -3.47. The van der Waals surface area contributed by atoms with Gasteiger partial charge in [-0.25, -0.2) is 0 Å². The van der Waals surface area contributed by atoms with Crippen molar-refractivity contribution in [2.24, 2.45) is 0 Å². The van der Waals surface area contributed by atoms with E-state index in [0.717, 1.165) is 12.8 Å². The predicted molar refractivity (Wildman–Crippen MR) is 251 cm³/mol. The van der Waals surface area contributed by atoms with Gasteiger partial charge in [0.05, 0.1) is 0 Å². The molecule has 0 amide bonds. The van der Waals surface area contributed by atoms with Gasteiger partial charge in [0.15, 0.2) is 0 Å². The van der Waals surface area contributed by atoms with Gasteiger partial charge in [-0.3, -0.25) is 0 Å². The summed E-state index contributed by atoms with van der Waals surface area (Å²) in [5, 5.41) is 0. The van der Waals surface area contributed by atoms with Crippen LogP contribution in [0.1, 0.15) is 79.0 Å². The Hall–Kier alpha value is -5.43. The van der Waals surface area contributed by atoms with Crippen LogP contribution in [0.5, 0.6) is 0 Å². The van der Waals surface area contributed by atoms with Crippen LogP contribution in [0.3, 0.4) is 0 Å². The molecule has 0 bridgehead atoms. The summed E-state index contributed by atoms with van der Waals surface area (Å²) in [7, 11) is 0. The first-order valence-corrected chi connectivity index (χ1v) is 25.4. The Balaban J connectivity index is 0.00000264. The number of benzene rings is 8. The zero-order valence-corrected chi connectivity index (χ0v) is 39.1. The number of hydrogen-bond acceptors (Lipinski definition) is 0. The molecule has 0 N–H and O–H groups in total. The number of hydrogen-bond donors (Lipinski definition) is 0. The first kappa shape index (κ1) is 43.2. The third kappa shape index (κ3) is 7.93. The summed E-state index contributed by atoms with van der Waals surface area (Å²) in [6, 6.07) is 83.2. The number of fused-ring (bicyclic) bond motifs is 3. The van der Waals surface area contributed by atoms with Gasteiger partial charge in [-0.05, 0) is 0 Å². The van der Waals surface area contributed by atoms with Crippen LogP contribution in [0.15, 0.2) is 222 Å². The Kier molecular flexibility index (Phi) is 13.5. The molecule has 0 saturated heterocycles. The SMILES string of the molecule is CCc1ccc2c(c1)[CH]([Zr+2]([C]1=C(c3ccccc3)C(c3ccccc3)=C(c3ccccc3)C1c1ccccc1)=[C](c1ccccc1)c1ccccc1)c1cc(CC)ccc1-2.[Cl-].[Cl-]. The third-order valence-corrected chi connectivity index (χ3v) is 21.1. The van der Waals surface area contributed by atoms with E-state index in [1.165, 1.54) is 83.5 Å². The minimum Gasteiger partial charge on any atom is -1.00 e. The molecule has 0 aliphatic heterocycles. The van der Waals surface area contributed by atoms with Crippen LogP contribution in [0.4, 0.5) is 0 Å². The Morgan fingerprint density at radius 2 is 0.806 bits per heavy atom. The normalized spacial score (nSPS) is 14.0. The molecule has 1 atom stereocenters. The summed E-state index contributed by atoms with van der Waals surface area (Å²) in [4.78, 5) is 0. The number of rotatable bonds is 10. The summed E-state index contributed by atoms with van der Waals surface area (Å²) in [5.74, 6) is 0.0343. The first-order chi connectivity index (χ1) is 29.7. The van der Waals surface area contributed by atoms with E-state index in [1.54, 1.807) is 6.49 Å². The van der Waals surface area contributed by atoms with Crippen molar-refractivity contribution in [3.8, 4) is 11.1 Å². The topological polar surface area (TPSA) is 0 Å². The maximum Gasteiger partial charge on any atom is -1.00 e. The van der Waals surface area contributed by atoms with E-state index in [0.29, 0.717) is 0 Å². The van der Waals surface area contributed by atoms with Gasteiger partial charge in [0.1, 0.15) is 0 Å². The van der Waals surface area contributed by atoms with Gasteiger partial charge in [-0.2, -0.15) is 0 Å². The van der Waals surface area contributed by atoms with Crippen molar-refractivity contribution in [3.05, 3.63) is 277 Å². The monoisotopic (exact) mass is 916 g/mol. The Bertz CT molecular complexity index is 2810. The Labute approximate surface area is 387 Å². The van der Waals surface area contributed by atoms with Crippen LogP contribution in [0, 0.1) is 0 Å². The molecular formula is C59H48Cl2Zr. The van der Waals surface area contributed by atoms with Gasteiger partial charge in [0.2, 0.25) is 0 Å². The number of halogens is 2. The standard InChI is InChI=1S/C29H21.C17H17.C13H10.2ClH.Zr/c1-5-13-22(14-6-1)26-21-27(23-15-7-2-8-16-23)29(25-19-11-4-12-20-25)28(26)24-17-9-3-10-18-24;1-3-12-5-7-16-14(9-12)11-15-10-13(4-2)6-8-17(15)16;1-3-7-12(8-4-1)11-13-9-5-2-6-10-13;;;/h1-20,26H;5-11H,3-4H2,1-2H3;1-10H;2*1H;/q;;;;;+2/p-2. The molecule has 0 heterocycles. The van der Waals surface area contributed by atoms with Gasteiger partial charge in [-0.1, -0.05) is 0 Å². The zero-order chi connectivity index (χ0) is 40.4. The van der Waals surface area contributed by atoms with E-state index in [-0.39, 0.29) is 34.4 Å². The minimum absolute atomic E-state index is 0. The second-order valence-corrected chi connectivity index (χ2v) is 22.0. The van der Waals surface area contributed by atoms with Crippen LogP contribution in [-0.2, 0) is 34.1 Å². The van der Waals surface area contributed by atoms with Crippen molar-refractivity contribution in [2.75, 3.05) is 0 Å². The van der Waals surface area contributed by atoms with Crippen molar-refractivity contribution in [1.29, 1.82) is 0 Å². The molecular weight excluding hydrogens is 871 g/mol. The Morgan fingerprint density at radius 1 is 0.419 bits per heavy atom. The van der Waals surface area contributed by atoms with E-state index < -0.39 is 21.3 Å². The average Bonchev–Trinajstić information content (AvgIpc) is 3.85. The number of aryl methyl sites for hydroxylation is 2. The molecule has 10 rings (SSSR count). The molecule has 3 heteroatoms. The molecule has 2 aliphatic rings. The van der Waals surface area contributed by atoms with Gasteiger partial charge in [-0.15, -0.1) is 0 Å². The smallest absolute Gasteiger partial charge is 1.00 e. The molecule has 0 spiro atoms. The summed E-state index contributed by atoms with van der Waals surface area (Å²) < 4.78 is 3.43. The molecule has 8 aromatic carbocycles. The van der Waals surface area contributed by atoms with Crippen LogP contribution in [0.2, 0.25) is 0 Å². The fraction of sp³-hybridized carbons (Fsp3) is 0.102. The Morgan fingerprint density at radius 3 is 1.24 bits per heavy atom. The van der Waals surface area contributed by atoms with Crippen molar-refractivity contribution >= 4 is 19.9 Å². The second kappa shape index (κ2) is 19.3. The van der Waals surface area contributed by atoms with Crippen LogP contribution < -0.4 is 24.8 Å². The fourth-order valence-corrected chi connectivity index (χ4v) is 20.0. The quantitative estimate of drug-likeness (QED) is 0.129. The maximum absolute atomic E-state index is 3.47. The molecule has 0 fully saturated rings. The summed E-state index contributed by atoms with van der Waals surface area (Å²) in [5.41, 5.74) is 20.7. The molecule has 2 aliphatic carbocycles. The summed E-state index contributed by atoms with van der Waals surface area (Å²) in [6.07, 6.45) is 2.01. The predicted octanol–water partition coefficient (Wildman–Crippen LogP) is 8.60. The van der Waals surface area contributed by atoms with Crippen LogP contribution >= 0.6 is 0 Å².